The zero-order valence-electron chi connectivity index (χ0n) is 10.3. The van der Waals surface area contributed by atoms with Crippen molar-refractivity contribution >= 4 is 23.4 Å². The van der Waals surface area contributed by atoms with Crippen LogP contribution in [-0.4, -0.2) is 23.0 Å². The fraction of sp³-hybridized carbons (Fsp3) is 0.154. The van der Waals surface area contributed by atoms with Crippen molar-refractivity contribution in [2.24, 2.45) is 0 Å². The highest BCUT2D eigenvalue weighted by Gasteiger charge is 2.04. The van der Waals surface area contributed by atoms with E-state index in [1.807, 2.05) is 12.1 Å². The number of benzene rings is 1. The summed E-state index contributed by atoms with van der Waals surface area (Å²) in [6.45, 7) is 0.566. The minimum absolute atomic E-state index is 0.339. The molecule has 0 bridgehead atoms. The third kappa shape index (κ3) is 3.66. The maximum Gasteiger partial charge on any atom is 0.337 e. The molecule has 0 saturated carbocycles. The number of aromatic nitrogens is 2. The summed E-state index contributed by atoms with van der Waals surface area (Å²) in [4.78, 5) is 19.3. The molecular formula is C13H12ClN3O2. The second kappa shape index (κ2) is 6.15. The van der Waals surface area contributed by atoms with E-state index in [-0.39, 0.29) is 5.97 Å². The molecule has 1 heterocycles. The molecule has 2 rings (SSSR count). The molecule has 1 aromatic heterocycles. The highest BCUT2D eigenvalue weighted by molar-refractivity contribution is 6.29. The van der Waals surface area contributed by atoms with Crippen molar-refractivity contribution in [2.75, 3.05) is 12.4 Å². The second-order valence-electron chi connectivity index (χ2n) is 3.77. The first kappa shape index (κ1) is 13.3. The van der Waals surface area contributed by atoms with Gasteiger partial charge in [-0.05, 0) is 17.7 Å². The van der Waals surface area contributed by atoms with Crippen LogP contribution in [0.2, 0.25) is 5.15 Å². The molecule has 0 aliphatic rings. The third-order valence-electron chi connectivity index (χ3n) is 2.45. The first-order chi connectivity index (χ1) is 9.19. The topological polar surface area (TPSA) is 64.1 Å². The lowest BCUT2D eigenvalue weighted by molar-refractivity contribution is 0.0600. The van der Waals surface area contributed by atoms with Crippen LogP contribution in [0, 0.1) is 0 Å². The van der Waals surface area contributed by atoms with Gasteiger partial charge in [-0.15, -0.1) is 0 Å². The summed E-state index contributed by atoms with van der Waals surface area (Å²) in [5.41, 5.74) is 1.53. The van der Waals surface area contributed by atoms with Crippen LogP contribution < -0.4 is 5.32 Å². The van der Waals surface area contributed by atoms with Crippen LogP contribution in [-0.2, 0) is 11.3 Å². The number of nitrogens with one attached hydrogen (secondary N) is 1. The molecule has 1 N–H and O–H groups in total. The molecule has 2 aromatic rings. The van der Waals surface area contributed by atoms with E-state index in [0.29, 0.717) is 23.1 Å². The number of carbonyl (C=O) groups is 1. The summed E-state index contributed by atoms with van der Waals surface area (Å²) in [7, 11) is 1.36. The van der Waals surface area contributed by atoms with Gasteiger partial charge in [0.05, 0.1) is 25.1 Å². The van der Waals surface area contributed by atoms with Gasteiger partial charge in [-0.25, -0.2) is 9.78 Å². The van der Waals surface area contributed by atoms with Gasteiger partial charge in [-0.3, -0.25) is 4.98 Å². The van der Waals surface area contributed by atoms with Gasteiger partial charge < -0.3 is 10.1 Å². The zero-order valence-corrected chi connectivity index (χ0v) is 11.0. The number of halogens is 1. The van der Waals surface area contributed by atoms with Crippen molar-refractivity contribution in [1.82, 2.24) is 9.97 Å². The average molecular weight is 278 g/mol. The molecule has 0 radical (unpaired) electrons. The van der Waals surface area contributed by atoms with E-state index < -0.39 is 0 Å². The van der Waals surface area contributed by atoms with E-state index in [0.717, 1.165) is 5.56 Å². The quantitative estimate of drug-likeness (QED) is 0.870. The molecular weight excluding hydrogens is 266 g/mol. The van der Waals surface area contributed by atoms with Gasteiger partial charge in [0.25, 0.3) is 0 Å². The number of rotatable bonds is 4. The van der Waals surface area contributed by atoms with Crippen LogP contribution in [0.5, 0.6) is 0 Å². The molecule has 0 spiro atoms. The normalized spacial score (nSPS) is 10.0. The minimum atomic E-state index is -0.347. The number of methoxy groups -OCH3 is 1. The number of hydrogen-bond donors (Lipinski definition) is 1. The Hall–Kier alpha value is -2.14. The van der Waals surface area contributed by atoms with E-state index in [2.05, 4.69) is 20.0 Å². The Kier molecular flexibility index (Phi) is 4.30. The van der Waals surface area contributed by atoms with Crippen LogP contribution >= 0.6 is 11.6 Å². The van der Waals surface area contributed by atoms with Crippen LogP contribution in [0.1, 0.15) is 15.9 Å². The van der Waals surface area contributed by atoms with Gasteiger partial charge in [0.15, 0.2) is 0 Å². The molecule has 19 heavy (non-hydrogen) atoms. The minimum Gasteiger partial charge on any atom is -0.465 e. The molecule has 0 saturated heterocycles. The van der Waals surface area contributed by atoms with Gasteiger partial charge >= 0.3 is 5.97 Å². The number of anilines is 1. The van der Waals surface area contributed by atoms with Gasteiger partial charge in [0.2, 0.25) is 0 Å². The van der Waals surface area contributed by atoms with Crippen LogP contribution in [0.25, 0.3) is 0 Å². The van der Waals surface area contributed by atoms with E-state index in [9.17, 15) is 4.79 Å². The highest BCUT2D eigenvalue weighted by atomic mass is 35.5. The van der Waals surface area contributed by atoms with Gasteiger partial charge in [0, 0.05) is 6.54 Å². The molecule has 0 atom stereocenters. The average Bonchev–Trinajstić information content (AvgIpc) is 2.45. The molecule has 1 aromatic carbocycles. The lowest BCUT2D eigenvalue weighted by Gasteiger charge is -2.06. The first-order valence-electron chi connectivity index (χ1n) is 5.57. The lowest BCUT2D eigenvalue weighted by Crippen LogP contribution is -2.04. The fourth-order valence-electron chi connectivity index (χ4n) is 1.50. The summed E-state index contributed by atoms with van der Waals surface area (Å²) in [6, 6.07) is 7.12. The Morgan fingerprint density at radius 3 is 2.68 bits per heavy atom. The Labute approximate surface area is 115 Å². The van der Waals surface area contributed by atoms with Crippen molar-refractivity contribution < 1.29 is 9.53 Å². The Morgan fingerprint density at radius 2 is 2.05 bits per heavy atom. The van der Waals surface area contributed by atoms with Crippen LogP contribution in [0.4, 0.5) is 5.82 Å². The lowest BCUT2D eigenvalue weighted by atomic mass is 10.1. The maximum atomic E-state index is 11.3. The predicted octanol–water partition coefficient (Wildman–Crippen LogP) is 2.53. The molecule has 0 fully saturated rings. The maximum absolute atomic E-state index is 11.3. The number of ether oxygens (including phenoxy) is 1. The van der Waals surface area contributed by atoms with Crippen LogP contribution in [0.3, 0.4) is 0 Å². The second-order valence-corrected chi connectivity index (χ2v) is 4.16. The number of hydrogen-bond acceptors (Lipinski definition) is 5. The molecule has 0 unspecified atom stereocenters. The Bertz CT molecular complexity index is 572. The Morgan fingerprint density at radius 1 is 1.32 bits per heavy atom. The standard InChI is InChI=1S/C13H12ClN3O2/c1-19-13(18)10-4-2-9(3-5-10)6-16-12-8-15-7-11(14)17-12/h2-5,7-8H,6H2,1H3,(H,16,17). The monoisotopic (exact) mass is 277 g/mol. The van der Waals surface area contributed by atoms with Crippen LogP contribution in [0.15, 0.2) is 36.7 Å². The van der Waals surface area contributed by atoms with Crippen molar-refractivity contribution in [1.29, 1.82) is 0 Å². The van der Waals surface area contributed by atoms with E-state index >= 15 is 0 Å². The predicted molar refractivity (Wildman–Crippen MR) is 72.2 cm³/mol. The molecule has 0 aliphatic heterocycles. The van der Waals surface area contributed by atoms with Crippen molar-refractivity contribution in [3.63, 3.8) is 0 Å². The SMILES string of the molecule is COC(=O)c1ccc(CNc2cncc(Cl)n2)cc1. The molecule has 0 amide bonds. The first-order valence-corrected chi connectivity index (χ1v) is 5.95. The largest absolute Gasteiger partial charge is 0.465 e. The van der Waals surface area contributed by atoms with Crippen molar-refractivity contribution in [3.05, 3.63) is 52.9 Å². The third-order valence-corrected chi connectivity index (χ3v) is 2.64. The summed E-state index contributed by atoms with van der Waals surface area (Å²) >= 11 is 5.73. The number of esters is 1. The molecule has 5 nitrogen and oxygen atoms in total. The summed E-state index contributed by atoms with van der Waals surface area (Å²) in [5, 5.41) is 3.43. The zero-order chi connectivity index (χ0) is 13.7. The fourth-order valence-corrected chi connectivity index (χ4v) is 1.64. The van der Waals surface area contributed by atoms with E-state index in [1.54, 1.807) is 18.3 Å². The number of carbonyl (C=O) groups excluding carboxylic acids is 1. The van der Waals surface area contributed by atoms with Gasteiger partial charge in [0.1, 0.15) is 11.0 Å². The molecule has 98 valence electrons. The molecule has 6 heteroatoms. The summed E-state index contributed by atoms with van der Waals surface area (Å²) < 4.78 is 4.63. The molecule has 0 aliphatic carbocycles. The highest BCUT2D eigenvalue weighted by Crippen LogP contribution is 2.10. The smallest absolute Gasteiger partial charge is 0.337 e. The van der Waals surface area contributed by atoms with E-state index in [4.69, 9.17) is 11.6 Å². The summed E-state index contributed by atoms with van der Waals surface area (Å²) in [5.74, 6) is 0.254. The number of nitrogens with zero attached hydrogens (tertiary/aromatic N) is 2. The van der Waals surface area contributed by atoms with E-state index in [1.165, 1.54) is 13.3 Å². The summed E-state index contributed by atoms with van der Waals surface area (Å²) in [6.07, 6.45) is 3.06. The van der Waals surface area contributed by atoms with Crippen molar-refractivity contribution in [3.8, 4) is 0 Å². The van der Waals surface area contributed by atoms with Gasteiger partial charge in [-0.1, -0.05) is 23.7 Å². The van der Waals surface area contributed by atoms with Crippen molar-refractivity contribution in [2.45, 2.75) is 6.54 Å². The Balaban J connectivity index is 1.98. The van der Waals surface area contributed by atoms with Gasteiger partial charge in [-0.2, -0.15) is 0 Å².